The van der Waals surface area contributed by atoms with Gasteiger partial charge in [0.25, 0.3) is 0 Å². The van der Waals surface area contributed by atoms with Crippen molar-refractivity contribution in [2.24, 2.45) is 0 Å². The van der Waals surface area contributed by atoms with E-state index in [0.29, 0.717) is 12.6 Å². The van der Waals surface area contributed by atoms with Crippen LogP contribution in [-0.2, 0) is 17.8 Å². The molecule has 0 aliphatic carbocycles. The van der Waals surface area contributed by atoms with Gasteiger partial charge in [-0.3, -0.25) is 15.2 Å². The van der Waals surface area contributed by atoms with Crippen molar-refractivity contribution in [1.29, 1.82) is 0 Å². The standard InChI is InChI=1S/C19H26N6O/c1-14-12-17(24-23-14)19(26)22-13-15-6-5-10-21-18(15)25(2)11-8-16-7-3-4-9-20-16/h3-7,9-10,14,17,23-24H,8,11-13H2,1-2H3,(H,22,26). The van der Waals surface area contributed by atoms with Gasteiger partial charge in [-0.2, -0.15) is 0 Å². The van der Waals surface area contributed by atoms with Gasteiger partial charge in [0.05, 0.1) is 0 Å². The van der Waals surface area contributed by atoms with E-state index in [1.165, 1.54) is 0 Å². The molecule has 2 aromatic rings. The van der Waals surface area contributed by atoms with E-state index in [1.807, 2.05) is 43.6 Å². The van der Waals surface area contributed by atoms with Gasteiger partial charge in [0.15, 0.2) is 0 Å². The number of amides is 1. The molecule has 0 radical (unpaired) electrons. The first kappa shape index (κ1) is 18.3. The third-order valence-corrected chi connectivity index (χ3v) is 4.52. The van der Waals surface area contributed by atoms with Crippen molar-refractivity contribution in [3.05, 3.63) is 54.0 Å². The summed E-state index contributed by atoms with van der Waals surface area (Å²) in [7, 11) is 2.01. The van der Waals surface area contributed by atoms with Crippen LogP contribution >= 0.6 is 0 Å². The topological polar surface area (TPSA) is 82.2 Å². The second kappa shape index (κ2) is 8.73. The molecule has 2 atom stereocenters. The van der Waals surface area contributed by atoms with Gasteiger partial charge in [0.1, 0.15) is 11.9 Å². The number of aromatic nitrogens is 2. The molecule has 2 aromatic heterocycles. The normalized spacial score (nSPS) is 19.3. The molecule has 1 amide bonds. The minimum absolute atomic E-state index is 0.00721. The Labute approximate surface area is 154 Å². The number of rotatable bonds is 7. The monoisotopic (exact) mass is 354 g/mol. The van der Waals surface area contributed by atoms with E-state index in [1.54, 1.807) is 6.20 Å². The lowest BCUT2D eigenvalue weighted by molar-refractivity contribution is -0.123. The SMILES string of the molecule is CC1CC(C(=O)NCc2cccnc2N(C)CCc2ccccn2)NN1. The number of hydrogen-bond donors (Lipinski definition) is 3. The van der Waals surface area contributed by atoms with E-state index in [-0.39, 0.29) is 11.9 Å². The highest BCUT2D eigenvalue weighted by atomic mass is 16.2. The Hall–Kier alpha value is -2.51. The van der Waals surface area contributed by atoms with Crippen LogP contribution in [0.15, 0.2) is 42.7 Å². The zero-order valence-corrected chi connectivity index (χ0v) is 15.3. The lowest BCUT2D eigenvalue weighted by Crippen LogP contribution is -2.43. The van der Waals surface area contributed by atoms with Crippen LogP contribution in [0.2, 0.25) is 0 Å². The number of hydrogen-bond acceptors (Lipinski definition) is 6. The summed E-state index contributed by atoms with van der Waals surface area (Å²) in [5.74, 6) is 0.891. The number of hydrazine groups is 1. The highest BCUT2D eigenvalue weighted by Gasteiger charge is 2.26. The molecule has 1 aliphatic heterocycles. The highest BCUT2D eigenvalue weighted by Crippen LogP contribution is 2.16. The maximum atomic E-state index is 12.3. The first-order valence-corrected chi connectivity index (χ1v) is 8.97. The van der Waals surface area contributed by atoms with Gasteiger partial charge in [-0.05, 0) is 31.5 Å². The number of pyridine rings is 2. The second-order valence-corrected chi connectivity index (χ2v) is 6.67. The Bertz CT molecular complexity index is 723. The zero-order valence-electron chi connectivity index (χ0n) is 15.3. The molecule has 138 valence electrons. The van der Waals surface area contributed by atoms with Crippen LogP contribution in [0, 0.1) is 0 Å². The predicted octanol–water partition coefficient (Wildman–Crippen LogP) is 1.03. The summed E-state index contributed by atoms with van der Waals surface area (Å²) < 4.78 is 0. The summed E-state index contributed by atoms with van der Waals surface area (Å²) in [6.07, 6.45) is 5.22. The van der Waals surface area contributed by atoms with Crippen molar-refractivity contribution in [2.45, 2.75) is 38.4 Å². The van der Waals surface area contributed by atoms with E-state index in [4.69, 9.17) is 0 Å². The van der Waals surface area contributed by atoms with Crippen LogP contribution in [-0.4, -0.2) is 41.6 Å². The van der Waals surface area contributed by atoms with Crippen molar-refractivity contribution >= 4 is 11.7 Å². The maximum Gasteiger partial charge on any atom is 0.238 e. The molecule has 1 saturated heterocycles. The molecule has 0 spiro atoms. The smallest absolute Gasteiger partial charge is 0.238 e. The minimum Gasteiger partial charge on any atom is -0.359 e. The summed E-state index contributed by atoms with van der Waals surface area (Å²) >= 11 is 0. The van der Waals surface area contributed by atoms with E-state index in [0.717, 1.165) is 36.5 Å². The van der Waals surface area contributed by atoms with E-state index >= 15 is 0 Å². The van der Waals surface area contributed by atoms with E-state index < -0.39 is 0 Å². The first-order chi connectivity index (χ1) is 12.6. The molecule has 0 saturated carbocycles. The molecule has 7 nitrogen and oxygen atoms in total. The quantitative estimate of drug-likeness (QED) is 0.689. The lowest BCUT2D eigenvalue weighted by atomic mass is 10.1. The van der Waals surface area contributed by atoms with Crippen LogP contribution in [0.25, 0.3) is 0 Å². The molecule has 1 fully saturated rings. The Morgan fingerprint density at radius 3 is 2.81 bits per heavy atom. The number of carbonyl (C=O) groups is 1. The van der Waals surface area contributed by atoms with Gasteiger partial charge >= 0.3 is 0 Å². The van der Waals surface area contributed by atoms with Crippen LogP contribution in [0.1, 0.15) is 24.6 Å². The van der Waals surface area contributed by atoms with Crippen molar-refractivity contribution in [1.82, 2.24) is 26.1 Å². The Morgan fingerprint density at radius 2 is 2.08 bits per heavy atom. The fourth-order valence-electron chi connectivity index (χ4n) is 3.04. The van der Waals surface area contributed by atoms with Crippen molar-refractivity contribution in [3.8, 4) is 0 Å². The maximum absolute atomic E-state index is 12.3. The summed E-state index contributed by atoms with van der Waals surface area (Å²) in [5.41, 5.74) is 8.15. The van der Waals surface area contributed by atoms with E-state index in [9.17, 15) is 4.79 Å². The number of likely N-dealkylation sites (N-methyl/N-ethyl adjacent to an activating group) is 1. The molecule has 2 unspecified atom stereocenters. The van der Waals surface area contributed by atoms with Gasteiger partial charge < -0.3 is 10.2 Å². The fraction of sp³-hybridized carbons (Fsp3) is 0.421. The van der Waals surface area contributed by atoms with Gasteiger partial charge in [-0.15, -0.1) is 0 Å². The third kappa shape index (κ3) is 4.77. The number of nitrogens with zero attached hydrogens (tertiary/aromatic N) is 3. The number of carbonyl (C=O) groups excluding carboxylic acids is 1. The molecule has 3 rings (SSSR count). The molecule has 7 heteroatoms. The number of nitrogens with one attached hydrogen (secondary N) is 3. The van der Waals surface area contributed by atoms with Crippen LogP contribution in [0.5, 0.6) is 0 Å². The number of anilines is 1. The second-order valence-electron chi connectivity index (χ2n) is 6.67. The average Bonchev–Trinajstić information content (AvgIpc) is 3.12. The molecule has 0 aromatic carbocycles. The van der Waals surface area contributed by atoms with Gasteiger partial charge in [0, 0.05) is 56.3 Å². The molecular formula is C19H26N6O. The molecule has 26 heavy (non-hydrogen) atoms. The molecule has 3 N–H and O–H groups in total. The first-order valence-electron chi connectivity index (χ1n) is 8.97. The van der Waals surface area contributed by atoms with E-state index in [2.05, 4.69) is 38.0 Å². The van der Waals surface area contributed by atoms with Crippen LogP contribution in [0.3, 0.4) is 0 Å². The zero-order chi connectivity index (χ0) is 18.4. The van der Waals surface area contributed by atoms with Crippen molar-refractivity contribution in [2.75, 3.05) is 18.5 Å². The summed E-state index contributed by atoms with van der Waals surface area (Å²) in [4.78, 5) is 23.3. The van der Waals surface area contributed by atoms with Crippen LogP contribution < -0.4 is 21.1 Å². The molecule has 1 aliphatic rings. The summed E-state index contributed by atoms with van der Waals surface area (Å²) in [6.45, 7) is 3.32. The van der Waals surface area contributed by atoms with Crippen molar-refractivity contribution < 1.29 is 4.79 Å². The van der Waals surface area contributed by atoms with Crippen LogP contribution in [0.4, 0.5) is 5.82 Å². The van der Waals surface area contributed by atoms with Crippen molar-refractivity contribution in [3.63, 3.8) is 0 Å². The Morgan fingerprint density at radius 1 is 1.23 bits per heavy atom. The predicted molar refractivity (Wildman–Crippen MR) is 101 cm³/mol. The average molecular weight is 354 g/mol. The van der Waals surface area contributed by atoms with Gasteiger partial charge in [-0.25, -0.2) is 10.4 Å². The minimum atomic E-state index is -0.188. The van der Waals surface area contributed by atoms with Gasteiger partial charge in [0.2, 0.25) is 5.91 Å². The molecule has 0 bridgehead atoms. The molecule has 3 heterocycles. The Kier molecular flexibility index (Phi) is 6.14. The molecular weight excluding hydrogens is 328 g/mol. The summed E-state index contributed by atoms with van der Waals surface area (Å²) in [6, 6.07) is 9.96. The summed E-state index contributed by atoms with van der Waals surface area (Å²) in [5, 5.41) is 3.01. The highest BCUT2D eigenvalue weighted by molar-refractivity contribution is 5.82. The van der Waals surface area contributed by atoms with Gasteiger partial charge in [-0.1, -0.05) is 12.1 Å². The lowest BCUT2D eigenvalue weighted by Gasteiger charge is -2.21. The fourth-order valence-corrected chi connectivity index (χ4v) is 3.04. The third-order valence-electron chi connectivity index (χ3n) is 4.52. The largest absolute Gasteiger partial charge is 0.359 e. The Balaban J connectivity index is 1.57.